The zero-order valence-corrected chi connectivity index (χ0v) is 17.7. The number of hydrogen-bond acceptors (Lipinski definition) is 5. The molecule has 3 rings (SSSR count). The molecule has 2 aromatic carbocycles. The number of carbonyl (C=O) groups is 1. The Kier molecular flexibility index (Phi) is 7.06. The van der Waals surface area contributed by atoms with Crippen molar-refractivity contribution in [1.29, 1.82) is 0 Å². The third-order valence-electron chi connectivity index (χ3n) is 4.18. The van der Waals surface area contributed by atoms with Crippen molar-refractivity contribution in [3.63, 3.8) is 0 Å². The Balaban J connectivity index is 1.83. The molecule has 31 heavy (non-hydrogen) atoms. The number of nitrogens with zero attached hydrogens (tertiary/aromatic N) is 2. The number of thiazole rings is 1. The van der Waals surface area contributed by atoms with Crippen LogP contribution < -0.4 is 5.32 Å². The van der Waals surface area contributed by atoms with Crippen molar-refractivity contribution in [2.45, 2.75) is 26.4 Å². The maximum absolute atomic E-state index is 13.2. The monoisotopic (exact) mass is 447 g/mol. The Labute approximate surface area is 181 Å². The predicted molar refractivity (Wildman–Crippen MR) is 116 cm³/mol. The molecule has 0 unspecified atom stereocenters. The van der Waals surface area contributed by atoms with Crippen LogP contribution in [-0.4, -0.2) is 23.7 Å². The molecule has 1 N–H and O–H groups in total. The molecular formula is C22H20F3N3O2S. The molecule has 1 aromatic heterocycles. The minimum atomic E-state index is -4.70. The van der Waals surface area contributed by atoms with Gasteiger partial charge in [-0.1, -0.05) is 54.5 Å². The van der Waals surface area contributed by atoms with Crippen LogP contribution in [0.5, 0.6) is 0 Å². The van der Waals surface area contributed by atoms with Crippen molar-refractivity contribution in [3.05, 3.63) is 69.7 Å². The Morgan fingerprint density at radius 2 is 1.90 bits per heavy atom. The van der Waals surface area contributed by atoms with Crippen molar-refractivity contribution < 1.29 is 22.8 Å². The number of benzene rings is 2. The van der Waals surface area contributed by atoms with E-state index < -0.39 is 22.7 Å². The van der Waals surface area contributed by atoms with Crippen molar-refractivity contribution in [1.82, 2.24) is 4.98 Å². The highest BCUT2D eigenvalue weighted by molar-refractivity contribution is 7.13. The summed E-state index contributed by atoms with van der Waals surface area (Å²) in [4.78, 5) is 20.7. The number of halogens is 3. The summed E-state index contributed by atoms with van der Waals surface area (Å²) in [6.07, 6.45) is -2.24. The minimum absolute atomic E-state index is 0.172. The number of nitrogens with one attached hydrogen (secondary N) is 1. The van der Waals surface area contributed by atoms with Gasteiger partial charge >= 0.3 is 6.18 Å². The van der Waals surface area contributed by atoms with Crippen LogP contribution in [0.15, 0.2) is 53.7 Å². The molecule has 0 aliphatic heterocycles. The fourth-order valence-electron chi connectivity index (χ4n) is 2.79. The van der Waals surface area contributed by atoms with Crippen LogP contribution in [0.1, 0.15) is 39.3 Å². The van der Waals surface area contributed by atoms with E-state index in [9.17, 15) is 18.0 Å². The number of oxime groups is 1. The second-order valence-electron chi connectivity index (χ2n) is 6.60. The fourth-order valence-corrected chi connectivity index (χ4v) is 3.62. The highest BCUT2D eigenvalue weighted by Crippen LogP contribution is 2.35. The molecule has 0 fully saturated rings. The fraction of sp³-hybridized carbons (Fsp3) is 0.227. The van der Waals surface area contributed by atoms with Gasteiger partial charge in [0.25, 0.3) is 5.91 Å². The van der Waals surface area contributed by atoms with Crippen molar-refractivity contribution >= 4 is 29.1 Å². The largest absolute Gasteiger partial charge is 0.435 e. The molecule has 0 bridgehead atoms. The first-order chi connectivity index (χ1) is 14.8. The van der Waals surface area contributed by atoms with E-state index in [0.717, 1.165) is 17.5 Å². The van der Waals surface area contributed by atoms with Crippen LogP contribution in [0.4, 0.5) is 18.9 Å². The van der Waals surface area contributed by atoms with E-state index >= 15 is 0 Å². The minimum Gasteiger partial charge on any atom is -0.396 e. The van der Waals surface area contributed by atoms with E-state index in [4.69, 9.17) is 4.84 Å². The van der Waals surface area contributed by atoms with Crippen molar-refractivity contribution in [3.8, 4) is 11.1 Å². The number of hydrogen-bond donors (Lipinski definition) is 1. The van der Waals surface area contributed by atoms with Gasteiger partial charge in [0.05, 0.1) is 11.2 Å². The summed E-state index contributed by atoms with van der Waals surface area (Å²) in [5.74, 6) is -0.845. The molecular weight excluding hydrogens is 427 g/mol. The Hall–Kier alpha value is -3.20. The quantitative estimate of drug-likeness (QED) is 0.268. The second kappa shape index (κ2) is 9.74. The molecule has 0 saturated carbocycles. The molecule has 0 radical (unpaired) electrons. The summed E-state index contributed by atoms with van der Waals surface area (Å²) in [6.45, 7) is 3.96. The summed E-state index contributed by atoms with van der Waals surface area (Å²) in [5.41, 5.74) is 1.53. The predicted octanol–water partition coefficient (Wildman–Crippen LogP) is 6.15. The van der Waals surface area contributed by atoms with Gasteiger partial charge in [-0.2, -0.15) is 13.2 Å². The summed E-state index contributed by atoms with van der Waals surface area (Å²) in [7, 11) is 0. The van der Waals surface area contributed by atoms with E-state index in [1.165, 1.54) is 6.92 Å². The van der Waals surface area contributed by atoms with E-state index in [-0.39, 0.29) is 5.01 Å². The summed E-state index contributed by atoms with van der Waals surface area (Å²) in [6, 6.07) is 14.3. The number of alkyl halides is 3. The molecule has 9 heteroatoms. The van der Waals surface area contributed by atoms with Crippen molar-refractivity contribution in [2.24, 2.45) is 5.16 Å². The van der Waals surface area contributed by atoms with Crippen LogP contribution in [0.3, 0.4) is 0 Å². The molecule has 0 atom stereocenters. The standard InChI is InChI=1S/C22H20F3N3O2S/c1-3-12-30-26-13-15-8-10-16(11-9-15)17-6-4-5-7-18(17)28-21(29)19-20(22(23,24)25)27-14(2)31-19/h4-11,13H,3,12H2,1-2H3,(H,28,29)/b26-13+. The zero-order chi connectivity index (χ0) is 22.4. The van der Waals surface area contributed by atoms with Crippen LogP contribution in [0.2, 0.25) is 0 Å². The first-order valence-electron chi connectivity index (χ1n) is 9.50. The average Bonchev–Trinajstić information content (AvgIpc) is 3.15. The number of anilines is 1. The van der Waals surface area contributed by atoms with Gasteiger partial charge in [-0.15, -0.1) is 11.3 Å². The topological polar surface area (TPSA) is 63.6 Å². The lowest BCUT2D eigenvalue weighted by Crippen LogP contribution is -2.17. The van der Waals surface area contributed by atoms with Gasteiger partial charge < -0.3 is 10.2 Å². The maximum atomic E-state index is 13.2. The molecule has 0 saturated heterocycles. The summed E-state index contributed by atoms with van der Waals surface area (Å²) < 4.78 is 39.7. The zero-order valence-electron chi connectivity index (χ0n) is 16.9. The van der Waals surface area contributed by atoms with Crippen molar-refractivity contribution in [2.75, 3.05) is 11.9 Å². The SMILES string of the molecule is CCCO/N=C/c1ccc(-c2ccccc2NC(=O)c2sc(C)nc2C(F)(F)F)cc1. The first kappa shape index (κ1) is 22.5. The Morgan fingerprint density at radius 1 is 1.19 bits per heavy atom. The van der Waals surface area contributed by atoms with E-state index in [2.05, 4.69) is 15.5 Å². The normalized spacial score (nSPS) is 11.6. The van der Waals surface area contributed by atoms with Gasteiger partial charge in [0.1, 0.15) is 11.5 Å². The third kappa shape index (κ3) is 5.69. The van der Waals surface area contributed by atoms with Gasteiger partial charge in [-0.3, -0.25) is 4.79 Å². The lowest BCUT2D eigenvalue weighted by Gasteiger charge is -2.12. The summed E-state index contributed by atoms with van der Waals surface area (Å²) in [5, 5.41) is 6.65. The molecule has 162 valence electrons. The van der Waals surface area contributed by atoms with Crippen LogP contribution in [0.25, 0.3) is 11.1 Å². The molecule has 0 aliphatic carbocycles. The number of amides is 1. The Bertz CT molecular complexity index is 1080. The smallest absolute Gasteiger partial charge is 0.396 e. The lowest BCUT2D eigenvalue weighted by atomic mass is 10.0. The van der Waals surface area contributed by atoms with Gasteiger partial charge in [0.2, 0.25) is 0 Å². The molecule has 3 aromatic rings. The van der Waals surface area contributed by atoms with Gasteiger partial charge in [0, 0.05) is 11.3 Å². The van der Waals surface area contributed by atoms with E-state index in [1.807, 2.05) is 31.2 Å². The molecule has 1 amide bonds. The number of rotatable bonds is 7. The molecule has 0 aliphatic rings. The molecule has 1 heterocycles. The van der Waals surface area contributed by atoms with Crippen LogP contribution in [0, 0.1) is 6.92 Å². The van der Waals surface area contributed by atoms with Crippen LogP contribution >= 0.6 is 11.3 Å². The second-order valence-corrected chi connectivity index (χ2v) is 7.80. The maximum Gasteiger partial charge on any atom is 0.435 e. The van der Waals surface area contributed by atoms with Gasteiger partial charge in [0.15, 0.2) is 5.69 Å². The van der Waals surface area contributed by atoms with E-state index in [1.54, 1.807) is 30.5 Å². The Morgan fingerprint density at radius 3 is 2.58 bits per heavy atom. The highest BCUT2D eigenvalue weighted by Gasteiger charge is 2.39. The van der Waals surface area contributed by atoms with Gasteiger partial charge in [-0.25, -0.2) is 4.98 Å². The lowest BCUT2D eigenvalue weighted by molar-refractivity contribution is -0.141. The van der Waals surface area contributed by atoms with Crippen LogP contribution in [-0.2, 0) is 11.0 Å². The first-order valence-corrected chi connectivity index (χ1v) is 10.3. The number of aryl methyl sites for hydroxylation is 1. The van der Waals surface area contributed by atoms with E-state index in [0.29, 0.717) is 29.2 Å². The summed E-state index contributed by atoms with van der Waals surface area (Å²) >= 11 is 0.714. The molecule has 0 spiro atoms. The highest BCUT2D eigenvalue weighted by atomic mass is 32.1. The number of aromatic nitrogens is 1. The number of para-hydroxylation sites is 1. The molecule has 5 nitrogen and oxygen atoms in total. The number of carbonyl (C=O) groups excluding carboxylic acids is 1. The van der Waals surface area contributed by atoms with Gasteiger partial charge in [-0.05, 0) is 30.5 Å². The average molecular weight is 447 g/mol. The third-order valence-corrected chi connectivity index (χ3v) is 5.15.